The first-order chi connectivity index (χ1) is 7.68. The Morgan fingerprint density at radius 3 is 3.00 bits per heavy atom. The van der Waals surface area contributed by atoms with Crippen LogP contribution >= 0.6 is 11.8 Å². The van der Waals surface area contributed by atoms with Gasteiger partial charge < -0.3 is 9.84 Å². The Hall–Kier alpha value is -0.580. The van der Waals surface area contributed by atoms with Crippen LogP contribution in [0.15, 0.2) is 18.2 Å². The molecule has 1 N–H and O–H groups in total. The minimum absolute atomic E-state index is 0.221. The van der Waals surface area contributed by atoms with Crippen molar-refractivity contribution in [3.05, 3.63) is 35.1 Å². The zero-order chi connectivity index (χ0) is 11.5. The largest absolute Gasteiger partial charge is 0.386 e. The van der Waals surface area contributed by atoms with Gasteiger partial charge >= 0.3 is 0 Å². The first-order valence-electron chi connectivity index (χ1n) is 5.32. The molecule has 0 saturated carbocycles. The van der Waals surface area contributed by atoms with Gasteiger partial charge in [0.15, 0.2) is 0 Å². The molecule has 0 aliphatic carbocycles. The average Bonchev–Trinajstić information content (AvgIpc) is 2.33. The summed E-state index contributed by atoms with van der Waals surface area (Å²) < 4.78 is 18.8. The molecule has 0 radical (unpaired) electrons. The minimum Gasteiger partial charge on any atom is -0.386 e. The highest BCUT2D eigenvalue weighted by atomic mass is 32.2. The van der Waals surface area contributed by atoms with Gasteiger partial charge in [-0.1, -0.05) is 12.1 Å². The van der Waals surface area contributed by atoms with Crippen molar-refractivity contribution < 1.29 is 14.2 Å². The summed E-state index contributed by atoms with van der Waals surface area (Å²) in [6, 6.07) is 4.83. The third-order valence-corrected chi connectivity index (χ3v) is 3.75. The van der Waals surface area contributed by atoms with Crippen LogP contribution in [0.4, 0.5) is 4.39 Å². The van der Waals surface area contributed by atoms with E-state index in [4.69, 9.17) is 4.74 Å². The van der Waals surface area contributed by atoms with Crippen molar-refractivity contribution in [3.8, 4) is 0 Å². The molecule has 1 aliphatic heterocycles. The van der Waals surface area contributed by atoms with Crippen LogP contribution in [-0.4, -0.2) is 29.3 Å². The second-order valence-corrected chi connectivity index (χ2v) is 5.09. The van der Waals surface area contributed by atoms with Gasteiger partial charge in [-0.25, -0.2) is 4.39 Å². The zero-order valence-corrected chi connectivity index (χ0v) is 9.97. The number of hydrogen-bond donors (Lipinski definition) is 1. The van der Waals surface area contributed by atoms with Gasteiger partial charge in [-0.05, 0) is 24.1 Å². The Labute approximate surface area is 98.8 Å². The lowest BCUT2D eigenvalue weighted by Gasteiger charge is -2.27. The van der Waals surface area contributed by atoms with Crippen molar-refractivity contribution in [2.24, 2.45) is 0 Å². The molecule has 2 atom stereocenters. The number of hydrogen-bond acceptors (Lipinski definition) is 3. The van der Waals surface area contributed by atoms with Crippen LogP contribution in [-0.2, 0) is 4.74 Å². The lowest BCUT2D eigenvalue weighted by molar-refractivity contribution is -0.0228. The van der Waals surface area contributed by atoms with E-state index in [0.29, 0.717) is 17.7 Å². The molecular formula is C12H15FO2S. The summed E-state index contributed by atoms with van der Waals surface area (Å²) in [6.45, 7) is 2.36. The van der Waals surface area contributed by atoms with E-state index in [1.165, 1.54) is 6.07 Å². The third kappa shape index (κ3) is 2.56. The lowest BCUT2D eigenvalue weighted by Crippen LogP contribution is -2.29. The minimum atomic E-state index is -0.733. The smallest absolute Gasteiger partial charge is 0.126 e. The second-order valence-electron chi connectivity index (χ2n) is 3.94. The van der Waals surface area contributed by atoms with Crippen LogP contribution in [0.2, 0.25) is 0 Å². The number of benzene rings is 1. The molecule has 0 spiro atoms. The van der Waals surface area contributed by atoms with Gasteiger partial charge in [0, 0.05) is 11.5 Å². The first kappa shape index (κ1) is 11.9. The lowest BCUT2D eigenvalue weighted by atomic mass is 10.0. The Morgan fingerprint density at radius 2 is 2.38 bits per heavy atom. The van der Waals surface area contributed by atoms with Crippen molar-refractivity contribution in [1.82, 2.24) is 0 Å². The molecule has 0 aromatic heterocycles. The van der Waals surface area contributed by atoms with E-state index in [0.717, 1.165) is 11.5 Å². The van der Waals surface area contributed by atoms with Crippen LogP contribution in [0.3, 0.4) is 0 Å². The van der Waals surface area contributed by atoms with Gasteiger partial charge in [-0.15, -0.1) is 0 Å². The predicted octanol–water partition coefficient (Wildman–Crippen LogP) is 2.30. The summed E-state index contributed by atoms with van der Waals surface area (Å²) in [7, 11) is 0. The van der Waals surface area contributed by atoms with Gasteiger partial charge in [-0.2, -0.15) is 11.8 Å². The van der Waals surface area contributed by atoms with E-state index in [-0.39, 0.29) is 11.9 Å². The fraction of sp³-hybridized carbons (Fsp3) is 0.500. The van der Waals surface area contributed by atoms with Crippen LogP contribution in [0, 0.1) is 12.7 Å². The molecule has 0 amide bonds. The van der Waals surface area contributed by atoms with E-state index < -0.39 is 6.10 Å². The number of halogens is 1. The summed E-state index contributed by atoms with van der Waals surface area (Å²) in [5.41, 5.74) is 1.19. The molecule has 1 saturated heterocycles. The van der Waals surface area contributed by atoms with Crippen molar-refractivity contribution in [1.29, 1.82) is 0 Å². The maximum absolute atomic E-state index is 13.3. The monoisotopic (exact) mass is 242 g/mol. The molecule has 1 aliphatic rings. The number of thioether (sulfide) groups is 1. The van der Waals surface area contributed by atoms with Crippen LogP contribution in [0.5, 0.6) is 0 Å². The Bertz CT molecular complexity index is 364. The van der Waals surface area contributed by atoms with Crippen molar-refractivity contribution in [3.63, 3.8) is 0 Å². The van der Waals surface area contributed by atoms with Gasteiger partial charge in [0.05, 0.1) is 12.7 Å². The molecule has 1 fully saturated rings. The van der Waals surface area contributed by atoms with Crippen LogP contribution < -0.4 is 0 Å². The molecule has 2 unspecified atom stereocenters. The molecule has 4 heteroatoms. The molecular weight excluding hydrogens is 227 g/mol. The molecule has 2 nitrogen and oxygen atoms in total. The SMILES string of the molecule is Cc1ccc(C(O)C2CSCCO2)cc1F. The molecule has 0 bridgehead atoms. The van der Waals surface area contributed by atoms with Crippen LogP contribution in [0.25, 0.3) is 0 Å². The summed E-state index contributed by atoms with van der Waals surface area (Å²) in [5, 5.41) is 10.1. The summed E-state index contributed by atoms with van der Waals surface area (Å²) in [6.07, 6.45) is -0.955. The second kappa shape index (κ2) is 5.17. The maximum atomic E-state index is 13.3. The van der Waals surface area contributed by atoms with Gasteiger partial charge in [-0.3, -0.25) is 0 Å². The normalized spacial score (nSPS) is 23.1. The standard InChI is InChI=1S/C12H15FO2S/c1-8-2-3-9(6-10(8)13)12(14)11-7-16-5-4-15-11/h2-3,6,11-12,14H,4-5,7H2,1H3. The zero-order valence-electron chi connectivity index (χ0n) is 9.15. The summed E-state index contributed by atoms with van der Waals surface area (Å²) >= 11 is 1.75. The highest BCUT2D eigenvalue weighted by Gasteiger charge is 2.24. The van der Waals surface area contributed by atoms with E-state index in [9.17, 15) is 9.50 Å². The Kier molecular flexibility index (Phi) is 3.84. The highest BCUT2D eigenvalue weighted by molar-refractivity contribution is 7.99. The molecule has 1 aromatic carbocycles. The summed E-state index contributed by atoms with van der Waals surface area (Å²) in [4.78, 5) is 0. The van der Waals surface area contributed by atoms with E-state index in [1.807, 2.05) is 0 Å². The molecule has 16 heavy (non-hydrogen) atoms. The van der Waals surface area contributed by atoms with Gasteiger partial charge in [0.25, 0.3) is 0 Å². The van der Waals surface area contributed by atoms with E-state index in [1.54, 1.807) is 30.8 Å². The molecule has 1 heterocycles. The molecule has 88 valence electrons. The Balaban J connectivity index is 2.12. The number of rotatable bonds is 2. The summed E-state index contributed by atoms with van der Waals surface area (Å²) in [5.74, 6) is 1.45. The number of aryl methyl sites for hydroxylation is 1. The van der Waals surface area contributed by atoms with Gasteiger partial charge in [0.1, 0.15) is 11.9 Å². The van der Waals surface area contributed by atoms with Crippen LogP contribution in [0.1, 0.15) is 17.2 Å². The fourth-order valence-corrected chi connectivity index (χ4v) is 2.59. The van der Waals surface area contributed by atoms with E-state index >= 15 is 0 Å². The van der Waals surface area contributed by atoms with Crippen molar-refractivity contribution in [2.75, 3.05) is 18.1 Å². The number of ether oxygens (including phenoxy) is 1. The topological polar surface area (TPSA) is 29.5 Å². The number of aliphatic hydroxyl groups excluding tert-OH is 1. The number of aliphatic hydroxyl groups is 1. The first-order valence-corrected chi connectivity index (χ1v) is 6.47. The quantitative estimate of drug-likeness (QED) is 0.863. The van der Waals surface area contributed by atoms with Crippen molar-refractivity contribution in [2.45, 2.75) is 19.1 Å². The maximum Gasteiger partial charge on any atom is 0.126 e. The van der Waals surface area contributed by atoms with Crippen molar-refractivity contribution >= 4 is 11.8 Å². The van der Waals surface area contributed by atoms with E-state index in [2.05, 4.69) is 0 Å². The van der Waals surface area contributed by atoms with Gasteiger partial charge in [0.2, 0.25) is 0 Å². The molecule has 1 aromatic rings. The Morgan fingerprint density at radius 1 is 1.56 bits per heavy atom. The fourth-order valence-electron chi connectivity index (χ4n) is 1.70. The third-order valence-electron chi connectivity index (χ3n) is 2.73. The molecule has 2 rings (SSSR count). The average molecular weight is 242 g/mol. The predicted molar refractivity (Wildman–Crippen MR) is 63.2 cm³/mol. The highest BCUT2D eigenvalue weighted by Crippen LogP contribution is 2.26.